The second-order valence-corrected chi connectivity index (χ2v) is 3.61. The van der Waals surface area contributed by atoms with E-state index >= 15 is 0 Å². The topological polar surface area (TPSA) is 38.9 Å². The molecular weight excluding hydrogens is 167 g/mol. The predicted octanol–water partition coefficient (Wildman–Crippen LogP) is 2.27. The number of nitrogens with two attached hydrogens (primary N) is 1. The number of hydrogen-bond donors (Lipinski definition) is 1. The summed E-state index contributed by atoms with van der Waals surface area (Å²) in [5.74, 6) is 0.145. The molecule has 0 saturated heterocycles. The Kier molecular flexibility index (Phi) is 3.37. The van der Waals surface area contributed by atoms with Crippen LogP contribution in [0.15, 0.2) is 18.3 Å². The zero-order valence-corrected chi connectivity index (χ0v) is 8.00. The van der Waals surface area contributed by atoms with Crippen LogP contribution in [0, 0.1) is 11.7 Å². The van der Waals surface area contributed by atoms with Crippen LogP contribution in [0.5, 0.6) is 0 Å². The van der Waals surface area contributed by atoms with Crippen LogP contribution in [0.25, 0.3) is 0 Å². The van der Waals surface area contributed by atoms with Crippen molar-refractivity contribution >= 4 is 0 Å². The molecule has 0 spiro atoms. The van der Waals surface area contributed by atoms with E-state index in [-0.39, 0.29) is 11.9 Å². The minimum Gasteiger partial charge on any atom is -0.323 e. The number of rotatable bonds is 3. The Morgan fingerprint density at radius 1 is 1.54 bits per heavy atom. The smallest absolute Gasteiger partial charge is 0.146 e. The Balaban J connectivity index is 2.76. The van der Waals surface area contributed by atoms with Crippen LogP contribution in [0.2, 0.25) is 0 Å². The molecular formula is C10H15FN2. The van der Waals surface area contributed by atoms with E-state index < -0.39 is 0 Å². The van der Waals surface area contributed by atoms with Gasteiger partial charge in [0, 0.05) is 6.20 Å². The lowest BCUT2D eigenvalue weighted by atomic mass is 10.0. The molecule has 72 valence electrons. The zero-order valence-electron chi connectivity index (χ0n) is 8.00. The van der Waals surface area contributed by atoms with Gasteiger partial charge in [-0.2, -0.15) is 0 Å². The number of pyridine rings is 1. The predicted molar refractivity (Wildman–Crippen MR) is 50.6 cm³/mol. The number of nitrogens with zero attached hydrogens (tertiary/aromatic N) is 1. The maximum absolute atomic E-state index is 13.1. The van der Waals surface area contributed by atoms with Gasteiger partial charge in [-0.1, -0.05) is 13.8 Å². The molecule has 1 rings (SSSR count). The fourth-order valence-corrected chi connectivity index (χ4v) is 1.29. The Morgan fingerprint density at radius 3 is 2.77 bits per heavy atom. The summed E-state index contributed by atoms with van der Waals surface area (Å²) in [5.41, 5.74) is 6.17. The summed E-state index contributed by atoms with van der Waals surface area (Å²) in [6, 6.07) is 2.67. The van der Waals surface area contributed by atoms with Crippen molar-refractivity contribution in [3.63, 3.8) is 0 Å². The third-order valence-electron chi connectivity index (χ3n) is 1.86. The molecule has 1 unspecified atom stereocenters. The lowest BCUT2D eigenvalue weighted by Gasteiger charge is -2.13. The van der Waals surface area contributed by atoms with Crippen molar-refractivity contribution in [2.24, 2.45) is 11.7 Å². The van der Waals surface area contributed by atoms with Gasteiger partial charge in [0.25, 0.3) is 0 Å². The molecule has 2 nitrogen and oxygen atoms in total. The molecule has 3 heteroatoms. The highest BCUT2D eigenvalue weighted by Crippen LogP contribution is 2.18. The molecule has 0 amide bonds. The number of aromatic nitrogens is 1. The normalized spacial score (nSPS) is 13.3. The van der Waals surface area contributed by atoms with Crippen molar-refractivity contribution in [2.75, 3.05) is 0 Å². The molecule has 0 aliphatic carbocycles. The largest absolute Gasteiger partial charge is 0.323 e. The van der Waals surface area contributed by atoms with Gasteiger partial charge in [0.2, 0.25) is 0 Å². The SMILES string of the molecule is CC(C)CC(N)c1ncccc1F. The van der Waals surface area contributed by atoms with Crippen molar-refractivity contribution in [1.29, 1.82) is 0 Å². The van der Waals surface area contributed by atoms with Crippen LogP contribution in [-0.4, -0.2) is 4.98 Å². The number of hydrogen-bond acceptors (Lipinski definition) is 2. The summed E-state index contributed by atoms with van der Waals surface area (Å²) in [6.45, 7) is 4.11. The third-order valence-corrected chi connectivity index (χ3v) is 1.86. The van der Waals surface area contributed by atoms with Crippen LogP contribution < -0.4 is 5.73 Å². The summed E-state index contributed by atoms with van der Waals surface area (Å²) in [6.07, 6.45) is 2.33. The van der Waals surface area contributed by atoms with Crippen molar-refractivity contribution in [3.8, 4) is 0 Å². The first-order valence-corrected chi connectivity index (χ1v) is 4.47. The summed E-state index contributed by atoms with van der Waals surface area (Å²) in [7, 11) is 0. The molecule has 13 heavy (non-hydrogen) atoms. The fourth-order valence-electron chi connectivity index (χ4n) is 1.29. The minimum atomic E-state index is -0.310. The van der Waals surface area contributed by atoms with E-state index in [1.807, 2.05) is 0 Å². The Labute approximate surface area is 78.0 Å². The first-order valence-electron chi connectivity index (χ1n) is 4.47. The quantitative estimate of drug-likeness (QED) is 0.778. The molecule has 1 atom stereocenters. The van der Waals surface area contributed by atoms with E-state index in [4.69, 9.17) is 5.73 Å². The van der Waals surface area contributed by atoms with Gasteiger partial charge in [0.1, 0.15) is 5.82 Å². The highest BCUT2D eigenvalue weighted by atomic mass is 19.1. The lowest BCUT2D eigenvalue weighted by Crippen LogP contribution is -2.16. The summed E-state index contributed by atoms with van der Waals surface area (Å²) < 4.78 is 13.1. The van der Waals surface area contributed by atoms with Gasteiger partial charge in [-0.3, -0.25) is 4.98 Å². The van der Waals surface area contributed by atoms with Gasteiger partial charge < -0.3 is 5.73 Å². The lowest BCUT2D eigenvalue weighted by molar-refractivity contribution is 0.478. The second kappa shape index (κ2) is 4.33. The summed E-state index contributed by atoms with van der Waals surface area (Å²) in [5, 5.41) is 0. The molecule has 0 saturated carbocycles. The average Bonchev–Trinajstić information content (AvgIpc) is 2.03. The van der Waals surface area contributed by atoms with Crippen LogP contribution in [0.3, 0.4) is 0 Å². The van der Waals surface area contributed by atoms with E-state index in [2.05, 4.69) is 18.8 Å². The molecule has 0 aliphatic rings. The van der Waals surface area contributed by atoms with Crippen molar-refractivity contribution < 1.29 is 4.39 Å². The van der Waals surface area contributed by atoms with E-state index in [1.54, 1.807) is 12.3 Å². The van der Waals surface area contributed by atoms with Crippen molar-refractivity contribution in [3.05, 3.63) is 29.8 Å². The summed E-state index contributed by atoms with van der Waals surface area (Å²) in [4.78, 5) is 3.93. The Morgan fingerprint density at radius 2 is 2.23 bits per heavy atom. The molecule has 0 bridgehead atoms. The standard InChI is InChI=1S/C10H15FN2/c1-7(2)6-9(12)10-8(11)4-3-5-13-10/h3-5,7,9H,6,12H2,1-2H3. The molecule has 0 fully saturated rings. The minimum absolute atomic E-state index is 0.291. The van der Waals surface area contributed by atoms with Crippen LogP contribution >= 0.6 is 0 Å². The molecule has 1 aromatic heterocycles. The number of halogens is 1. The molecule has 1 heterocycles. The van der Waals surface area contributed by atoms with Crippen LogP contribution in [-0.2, 0) is 0 Å². The fraction of sp³-hybridized carbons (Fsp3) is 0.500. The Bertz CT molecular complexity index is 273. The zero-order chi connectivity index (χ0) is 9.84. The van der Waals surface area contributed by atoms with Gasteiger partial charge in [0.15, 0.2) is 0 Å². The van der Waals surface area contributed by atoms with Gasteiger partial charge in [0.05, 0.1) is 11.7 Å². The van der Waals surface area contributed by atoms with E-state index in [0.29, 0.717) is 11.6 Å². The second-order valence-electron chi connectivity index (χ2n) is 3.61. The van der Waals surface area contributed by atoms with Gasteiger partial charge in [-0.05, 0) is 24.5 Å². The molecule has 0 aromatic carbocycles. The molecule has 0 radical (unpaired) electrons. The van der Waals surface area contributed by atoms with E-state index in [9.17, 15) is 4.39 Å². The van der Waals surface area contributed by atoms with Gasteiger partial charge in [-0.15, -0.1) is 0 Å². The maximum Gasteiger partial charge on any atom is 0.146 e. The van der Waals surface area contributed by atoms with Crippen LogP contribution in [0.1, 0.15) is 32.0 Å². The maximum atomic E-state index is 13.1. The first kappa shape index (κ1) is 10.1. The van der Waals surface area contributed by atoms with Crippen LogP contribution in [0.4, 0.5) is 4.39 Å². The molecule has 0 aliphatic heterocycles. The third kappa shape index (κ3) is 2.77. The van der Waals surface area contributed by atoms with Crippen molar-refractivity contribution in [1.82, 2.24) is 4.98 Å². The highest BCUT2D eigenvalue weighted by Gasteiger charge is 2.13. The molecule has 2 N–H and O–H groups in total. The first-order chi connectivity index (χ1) is 6.11. The monoisotopic (exact) mass is 182 g/mol. The average molecular weight is 182 g/mol. The van der Waals surface area contributed by atoms with Gasteiger partial charge in [-0.25, -0.2) is 4.39 Å². The molecule has 1 aromatic rings. The Hall–Kier alpha value is -0.960. The highest BCUT2D eigenvalue weighted by molar-refractivity contribution is 5.10. The van der Waals surface area contributed by atoms with E-state index in [1.165, 1.54) is 6.07 Å². The van der Waals surface area contributed by atoms with Crippen molar-refractivity contribution in [2.45, 2.75) is 26.3 Å². The van der Waals surface area contributed by atoms with E-state index in [0.717, 1.165) is 6.42 Å². The van der Waals surface area contributed by atoms with Gasteiger partial charge >= 0.3 is 0 Å². The summed E-state index contributed by atoms with van der Waals surface area (Å²) >= 11 is 0.